The molecule has 0 atom stereocenters. The highest BCUT2D eigenvalue weighted by Gasteiger charge is 2.18. The Morgan fingerprint density at radius 2 is 1.52 bits per heavy atom. The zero-order chi connectivity index (χ0) is 21.5. The van der Waals surface area contributed by atoms with Crippen molar-refractivity contribution in [2.75, 3.05) is 26.2 Å². The Morgan fingerprint density at radius 1 is 0.839 bits per heavy atom. The second-order valence-corrected chi connectivity index (χ2v) is 10.9. The van der Waals surface area contributed by atoms with Crippen molar-refractivity contribution >= 4 is 21.4 Å². The molecule has 164 valence electrons. The number of nitrogens with one attached hydrogen (secondary N) is 2. The standard InChI is InChI=1S/C24H29N3O2S2/c28-31(29,26-14-17-27-15-4-5-16-27)24-13-12-23(30-24)22-10-8-21(9-11-22)19-25-18-20-6-2-1-3-7-20/h1-3,6-13,25-26H,4-5,14-19H2. The molecule has 0 amide bonds. The molecule has 0 aliphatic carbocycles. The van der Waals surface area contributed by atoms with Gasteiger partial charge in [0, 0.05) is 31.1 Å². The van der Waals surface area contributed by atoms with E-state index in [2.05, 4.69) is 51.3 Å². The van der Waals surface area contributed by atoms with Crippen LogP contribution in [0.15, 0.2) is 70.9 Å². The lowest BCUT2D eigenvalue weighted by atomic mass is 10.1. The summed E-state index contributed by atoms with van der Waals surface area (Å²) in [5, 5.41) is 3.45. The van der Waals surface area contributed by atoms with Gasteiger partial charge in [0.2, 0.25) is 10.0 Å². The number of benzene rings is 2. The molecular weight excluding hydrogens is 426 g/mol. The molecule has 1 fully saturated rings. The first-order chi connectivity index (χ1) is 15.1. The molecular formula is C24H29N3O2S2. The number of thiophene rings is 1. The molecule has 1 saturated heterocycles. The predicted octanol–water partition coefficient (Wildman–Crippen LogP) is 4.08. The Morgan fingerprint density at radius 3 is 2.23 bits per heavy atom. The van der Waals surface area contributed by atoms with E-state index in [-0.39, 0.29) is 0 Å². The van der Waals surface area contributed by atoms with Crippen molar-refractivity contribution in [3.8, 4) is 10.4 Å². The maximum atomic E-state index is 12.6. The van der Waals surface area contributed by atoms with Crippen LogP contribution in [0, 0.1) is 0 Å². The average molecular weight is 456 g/mol. The van der Waals surface area contributed by atoms with E-state index >= 15 is 0 Å². The lowest BCUT2D eigenvalue weighted by molar-refractivity contribution is 0.344. The van der Waals surface area contributed by atoms with Crippen molar-refractivity contribution in [2.24, 2.45) is 0 Å². The molecule has 7 heteroatoms. The zero-order valence-electron chi connectivity index (χ0n) is 17.6. The van der Waals surface area contributed by atoms with Gasteiger partial charge < -0.3 is 10.2 Å². The summed E-state index contributed by atoms with van der Waals surface area (Å²) in [6.45, 7) is 5.00. The Kier molecular flexibility index (Phi) is 7.53. The molecule has 2 aromatic carbocycles. The van der Waals surface area contributed by atoms with E-state index in [4.69, 9.17) is 0 Å². The number of likely N-dealkylation sites (tertiary alicyclic amines) is 1. The summed E-state index contributed by atoms with van der Waals surface area (Å²) in [6, 6.07) is 22.2. The van der Waals surface area contributed by atoms with Gasteiger partial charge in [0.1, 0.15) is 4.21 Å². The zero-order valence-corrected chi connectivity index (χ0v) is 19.2. The average Bonchev–Trinajstić information content (AvgIpc) is 3.48. The minimum absolute atomic E-state index is 0.373. The first kappa shape index (κ1) is 22.2. The number of hydrogen-bond donors (Lipinski definition) is 2. The van der Waals surface area contributed by atoms with Crippen LogP contribution < -0.4 is 10.0 Å². The van der Waals surface area contributed by atoms with E-state index in [1.54, 1.807) is 6.07 Å². The van der Waals surface area contributed by atoms with Crippen LogP contribution in [0.2, 0.25) is 0 Å². The molecule has 0 saturated carbocycles. The van der Waals surface area contributed by atoms with Crippen molar-refractivity contribution < 1.29 is 8.42 Å². The molecule has 31 heavy (non-hydrogen) atoms. The van der Waals surface area contributed by atoms with Gasteiger partial charge in [0.15, 0.2) is 0 Å². The normalized spacial score (nSPS) is 14.8. The molecule has 0 bridgehead atoms. The van der Waals surface area contributed by atoms with Crippen LogP contribution >= 0.6 is 11.3 Å². The quantitative estimate of drug-likeness (QED) is 0.484. The largest absolute Gasteiger partial charge is 0.309 e. The summed E-state index contributed by atoms with van der Waals surface area (Å²) in [5.41, 5.74) is 3.50. The lowest BCUT2D eigenvalue weighted by Gasteiger charge is -2.14. The molecule has 1 aliphatic heterocycles. The van der Waals surface area contributed by atoms with Gasteiger partial charge in [-0.25, -0.2) is 13.1 Å². The second kappa shape index (κ2) is 10.5. The molecule has 0 unspecified atom stereocenters. The smallest absolute Gasteiger partial charge is 0.250 e. The maximum absolute atomic E-state index is 12.6. The fraction of sp³-hybridized carbons (Fsp3) is 0.333. The van der Waals surface area contributed by atoms with Gasteiger partial charge in [-0.3, -0.25) is 0 Å². The molecule has 3 aromatic rings. The molecule has 2 heterocycles. The summed E-state index contributed by atoms with van der Waals surface area (Å²) in [5.74, 6) is 0. The van der Waals surface area contributed by atoms with Gasteiger partial charge in [-0.2, -0.15) is 0 Å². The molecule has 1 aliphatic rings. The monoisotopic (exact) mass is 455 g/mol. The van der Waals surface area contributed by atoms with Crippen LogP contribution in [0.25, 0.3) is 10.4 Å². The molecule has 0 radical (unpaired) electrons. The molecule has 0 spiro atoms. The minimum atomic E-state index is -3.45. The van der Waals surface area contributed by atoms with E-state index in [0.29, 0.717) is 10.8 Å². The third-order valence-electron chi connectivity index (χ3n) is 5.50. The van der Waals surface area contributed by atoms with Crippen molar-refractivity contribution in [1.29, 1.82) is 0 Å². The van der Waals surface area contributed by atoms with Gasteiger partial charge in [0.05, 0.1) is 0 Å². The number of sulfonamides is 1. The highest BCUT2D eigenvalue weighted by atomic mass is 32.2. The predicted molar refractivity (Wildman–Crippen MR) is 128 cm³/mol. The number of nitrogens with zero attached hydrogens (tertiary/aromatic N) is 1. The number of rotatable bonds is 10. The molecule has 4 rings (SSSR count). The number of hydrogen-bond acceptors (Lipinski definition) is 5. The van der Waals surface area contributed by atoms with Crippen molar-refractivity contribution in [3.63, 3.8) is 0 Å². The maximum Gasteiger partial charge on any atom is 0.250 e. The van der Waals surface area contributed by atoms with Gasteiger partial charge in [0.25, 0.3) is 0 Å². The van der Waals surface area contributed by atoms with E-state index in [1.165, 1.54) is 35.3 Å². The minimum Gasteiger partial charge on any atom is -0.309 e. The summed E-state index contributed by atoms with van der Waals surface area (Å²) in [6.07, 6.45) is 2.42. The van der Waals surface area contributed by atoms with Gasteiger partial charge >= 0.3 is 0 Å². The fourth-order valence-corrected chi connectivity index (χ4v) is 6.15. The molecule has 2 N–H and O–H groups in total. The third-order valence-corrected chi connectivity index (χ3v) is 8.59. The summed E-state index contributed by atoms with van der Waals surface area (Å²) >= 11 is 1.32. The topological polar surface area (TPSA) is 61.4 Å². The molecule has 1 aromatic heterocycles. The van der Waals surface area contributed by atoms with Crippen LogP contribution in [-0.4, -0.2) is 39.5 Å². The molecule has 5 nitrogen and oxygen atoms in total. The highest BCUT2D eigenvalue weighted by Crippen LogP contribution is 2.30. The van der Waals surface area contributed by atoms with Gasteiger partial charge in [-0.15, -0.1) is 11.3 Å². The third kappa shape index (κ3) is 6.24. The Hall–Kier alpha value is -2.03. The summed E-state index contributed by atoms with van der Waals surface area (Å²) in [4.78, 5) is 3.27. The van der Waals surface area contributed by atoms with Crippen LogP contribution in [0.3, 0.4) is 0 Å². The van der Waals surface area contributed by atoms with Crippen molar-refractivity contribution in [3.05, 3.63) is 77.9 Å². The van der Waals surface area contributed by atoms with Crippen LogP contribution in [0.5, 0.6) is 0 Å². The van der Waals surface area contributed by atoms with Crippen molar-refractivity contribution in [2.45, 2.75) is 30.1 Å². The SMILES string of the molecule is O=S(=O)(NCCN1CCCC1)c1ccc(-c2ccc(CNCc3ccccc3)cc2)s1. The fourth-order valence-electron chi connectivity index (χ4n) is 3.77. The Balaban J connectivity index is 1.30. The summed E-state index contributed by atoms with van der Waals surface area (Å²) < 4.78 is 28.3. The van der Waals surface area contributed by atoms with Crippen molar-refractivity contribution in [1.82, 2.24) is 14.9 Å². The van der Waals surface area contributed by atoms with Gasteiger partial charge in [-0.05, 0) is 54.8 Å². The van der Waals surface area contributed by atoms with E-state index < -0.39 is 10.0 Å². The summed E-state index contributed by atoms with van der Waals surface area (Å²) in [7, 11) is -3.45. The van der Waals surface area contributed by atoms with E-state index in [0.717, 1.165) is 43.2 Å². The van der Waals surface area contributed by atoms with Crippen LogP contribution in [-0.2, 0) is 23.1 Å². The first-order valence-corrected chi connectivity index (χ1v) is 13.1. The Labute approximate surface area is 189 Å². The highest BCUT2D eigenvalue weighted by molar-refractivity contribution is 7.91. The van der Waals surface area contributed by atoms with E-state index in [1.807, 2.05) is 24.3 Å². The van der Waals surface area contributed by atoms with Crippen LogP contribution in [0.1, 0.15) is 24.0 Å². The van der Waals surface area contributed by atoms with Gasteiger partial charge in [-0.1, -0.05) is 54.6 Å². The Bertz CT molecular complexity index is 1060. The second-order valence-electron chi connectivity index (χ2n) is 7.85. The van der Waals surface area contributed by atoms with E-state index in [9.17, 15) is 8.42 Å². The first-order valence-electron chi connectivity index (χ1n) is 10.8. The lowest BCUT2D eigenvalue weighted by Crippen LogP contribution is -2.33. The van der Waals surface area contributed by atoms with Crippen LogP contribution in [0.4, 0.5) is 0 Å².